The molecule has 36 heavy (non-hydrogen) atoms. The number of hydrogen-bond acceptors (Lipinski definition) is 2. The van der Waals surface area contributed by atoms with E-state index in [1.54, 1.807) is 0 Å². The van der Waals surface area contributed by atoms with Crippen LogP contribution < -0.4 is 4.74 Å². The Labute approximate surface area is 211 Å². The first kappa shape index (κ1) is 28.4. The number of halogens is 5. The first-order chi connectivity index (χ1) is 17.1. The number of benzene rings is 2. The van der Waals surface area contributed by atoms with Gasteiger partial charge in [0.2, 0.25) is 0 Å². The topological polar surface area (TPSA) is 18.5 Å². The van der Waals surface area contributed by atoms with Crippen LogP contribution in [0.15, 0.2) is 48.5 Å². The van der Waals surface area contributed by atoms with Gasteiger partial charge < -0.3 is 9.47 Å². The second-order valence-corrected chi connectivity index (χ2v) is 9.96. The van der Waals surface area contributed by atoms with Crippen molar-refractivity contribution in [1.29, 1.82) is 0 Å². The maximum atomic E-state index is 14.3. The Morgan fingerprint density at radius 3 is 1.97 bits per heavy atom. The molecule has 200 valence electrons. The fraction of sp³-hybridized carbons (Fsp3) is 0.586. The SMILES string of the molecule is CCCCCCCC1CCC(c2ccc(COC(F)(F)Cc3ccc(OC(F)(F)F)cc3)cc2)CC1. The van der Waals surface area contributed by atoms with Gasteiger partial charge in [0.1, 0.15) is 5.75 Å². The predicted molar refractivity (Wildman–Crippen MR) is 131 cm³/mol. The lowest BCUT2D eigenvalue weighted by molar-refractivity contribution is -0.274. The number of unbranched alkanes of at least 4 members (excludes halogenated alkanes) is 4. The second-order valence-electron chi connectivity index (χ2n) is 9.96. The van der Waals surface area contributed by atoms with Crippen LogP contribution in [0.3, 0.4) is 0 Å². The molecule has 0 N–H and O–H groups in total. The van der Waals surface area contributed by atoms with E-state index in [0.717, 1.165) is 18.1 Å². The molecule has 0 spiro atoms. The number of alkyl halides is 5. The minimum atomic E-state index is -4.82. The number of ether oxygens (including phenoxy) is 2. The molecular formula is C29H37F5O2. The Hall–Kier alpha value is -2.15. The highest BCUT2D eigenvalue weighted by Gasteiger charge is 2.32. The van der Waals surface area contributed by atoms with E-state index in [1.807, 2.05) is 24.3 Å². The van der Waals surface area contributed by atoms with Crippen LogP contribution in [0.25, 0.3) is 0 Å². The van der Waals surface area contributed by atoms with Crippen molar-refractivity contribution >= 4 is 0 Å². The lowest BCUT2D eigenvalue weighted by Crippen LogP contribution is -2.24. The highest BCUT2D eigenvalue weighted by Crippen LogP contribution is 2.38. The van der Waals surface area contributed by atoms with E-state index >= 15 is 0 Å². The van der Waals surface area contributed by atoms with Gasteiger partial charge in [0.15, 0.2) is 0 Å². The molecule has 2 aromatic rings. The van der Waals surface area contributed by atoms with E-state index in [1.165, 1.54) is 81.9 Å². The molecule has 0 atom stereocenters. The molecule has 0 radical (unpaired) electrons. The van der Waals surface area contributed by atoms with E-state index < -0.39 is 24.6 Å². The van der Waals surface area contributed by atoms with Crippen LogP contribution in [-0.2, 0) is 17.8 Å². The lowest BCUT2D eigenvalue weighted by atomic mass is 9.77. The molecule has 1 fully saturated rings. The Morgan fingerprint density at radius 2 is 1.36 bits per heavy atom. The highest BCUT2D eigenvalue weighted by molar-refractivity contribution is 5.28. The second kappa shape index (κ2) is 13.4. The van der Waals surface area contributed by atoms with Crippen molar-refractivity contribution in [1.82, 2.24) is 0 Å². The standard InChI is InChI=1S/C29H37F5O2/c1-2-3-4-5-6-7-22-8-14-25(15-9-22)26-16-10-24(11-17-26)21-35-28(30,31)20-23-12-18-27(19-13-23)36-29(32,33)34/h10-13,16-19,22,25H,2-9,14-15,20-21H2,1H3. The van der Waals surface area contributed by atoms with Gasteiger partial charge >= 0.3 is 12.5 Å². The third-order valence-electron chi connectivity index (χ3n) is 7.03. The molecular weight excluding hydrogens is 475 g/mol. The molecule has 2 aromatic carbocycles. The van der Waals surface area contributed by atoms with Crippen molar-refractivity contribution in [3.05, 3.63) is 65.2 Å². The van der Waals surface area contributed by atoms with Crippen molar-refractivity contribution in [3.63, 3.8) is 0 Å². The zero-order valence-corrected chi connectivity index (χ0v) is 21.0. The van der Waals surface area contributed by atoms with E-state index in [2.05, 4.69) is 11.7 Å². The molecule has 2 nitrogen and oxygen atoms in total. The van der Waals surface area contributed by atoms with Gasteiger partial charge in [-0.05, 0) is 66.3 Å². The summed E-state index contributed by atoms with van der Waals surface area (Å²) in [4.78, 5) is 0. The normalized spacial score (nSPS) is 18.8. The zero-order valence-electron chi connectivity index (χ0n) is 21.0. The lowest BCUT2D eigenvalue weighted by Gasteiger charge is -2.29. The smallest absolute Gasteiger partial charge is 0.406 e. The highest BCUT2D eigenvalue weighted by atomic mass is 19.4. The molecule has 0 aliphatic heterocycles. The molecule has 1 saturated carbocycles. The van der Waals surface area contributed by atoms with E-state index in [-0.39, 0.29) is 12.2 Å². The van der Waals surface area contributed by atoms with E-state index in [4.69, 9.17) is 4.74 Å². The fourth-order valence-corrected chi connectivity index (χ4v) is 4.99. The van der Waals surface area contributed by atoms with Crippen molar-refractivity contribution in [2.45, 2.75) is 103 Å². The van der Waals surface area contributed by atoms with Crippen LogP contribution in [0.5, 0.6) is 5.75 Å². The summed E-state index contributed by atoms with van der Waals surface area (Å²) in [6, 6.07) is 12.1. The Bertz CT molecular complexity index is 885. The molecule has 0 aromatic heterocycles. The van der Waals surface area contributed by atoms with Crippen LogP contribution in [0.2, 0.25) is 0 Å². The van der Waals surface area contributed by atoms with Gasteiger partial charge in [0.25, 0.3) is 0 Å². The zero-order chi connectivity index (χ0) is 26.0. The Morgan fingerprint density at radius 1 is 0.750 bits per heavy atom. The van der Waals surface area contributed by atoms with Gasteiger partial charge in [-0.2, -0.15) is 8.78 Å². The summed E-state index contributed by atoms with van der Waals surface area (Å²) in [6.07, 6.45) is 3.87. The van der Waals surface area contributed by atoms with Crippen molar-refractivity contribution < 1.29 is 31.4 Å². The summed E-state index contributed by atoms with van der Waals surface area (Å²) in [5, 5.41) is 0. The minimum absolute atomic E-state index is 0.154. The quantitative estimate of drug-likeness (QED) is 0.196. The molecule has 0 unspecified atom stereocenters. The average molecular weight is 513 g/mol. The summed E-state index contributed by atoms with van der Waals surface area (Å²) < 4.78 is 73.9. The van der Waals surface area contributed by atoms with Crippen molar-refractivity contribution in [3.8, 4) is 5.75 Å². The molecule has 0 heterocycles. The number of hydrogen-bond donors (Lipinski definition) is 0. The molecule has 1 aliphatic carbocycles. The summed E-state index contributed by atoms with van der Waals surface area (Å²) in [5.74, 6) is 0.916. The van der Waals surface area contributed by atoms with Crippen LogP contribution in [0.1, 0.15) is 93.7 Å². The number of rotatable bonds is 13. The molecule has 0 saturated heterocycles. The van der Waals surface area contributed by atoms with Crippen LogP contribution in [0.4, 0.5) is 22.0 Å². The summed E-state index contributed by atoms with van der Waals surface area (Å²) in [5.41, 5.74) is 2.07. The third kappa shape index (κ3) is 10.1. The first-order valence-corrected chi connectivity index (χ1v) is 13.1. The van der Waals surface area contributed by atoms with Crippen molar-refractivity contribution in [2.75, 3.05) is 0 Å². The Balaban J connectivity index is 1.40. The maximum Gasteiger partial charge on any atom is 0.573 e. The minimum Gasteiger partial charge on any atom is -0.406 e. The molecule has 3 rings (SSSR count). The molecule has 0 bridgehead atoms. The van der Waals surface area contributed by atoms with Gasteiger partial charge in [-0.15, -0.1) is 13.2 Å². The summed E-state index contributed by atoms with van der Waals surface area (Å²) in [6.45, 7) is 2.00. The van der Waals surface area contributed by atoms with E-state index in [0.29, 0.717) is 11.5 Å². The van der Waals surface area contributed by atoms with Gasteiger partial charge in [-0.25, -0.2) is 0 Å². The maximum absolute atomic E-state index is 14.3. The molecule has 1 aliphatic rings. The predicted octanol–water partition coefficient (Wildman–Crippen LogP) is 9.57. The Kier molecular flexibility index (Phi) is 10.6. The summed E-state index contributed by atoms with van der Waals surface area (Å²) >= 11 is 0. The van der Waals surface area contributed by atoms with E-state index in [9.17, 15) is 22.0 Å². The van der Waals surface area contributed by atoms with Gasteiger partial charge in [-0.3, -0.25) is 0 Å². The van der Waals surface area contributed by atoms with Crippen LogP contribution >= 0.6 is 0 Å². The van der Waals surface area contributed by atoms with Crippen LogP contribution in [-0.4, -0.2) is 12.5 Å². The van der Waals surface area contributed by atoms with Gasteiger partial charge in [0.05, 0.1) is 13.0 Å². The fourth-order valence-electron chi connectivity index (χ4n) is 4.99. The monoisotopic (exact) mass is 512 g/mol. The van der Waals surface area contributed by atoms with Gasteiger partial charge in [-0.1, -0.05) is 81.8 Å². The first-order valence-electron chi connectivity index (χ1n) is 13.1. The molecule has 0 amide bonds. The van der Waals surface area contributed by atoms with Gasteiger partial charge in [0, 0.05) is 0 Å². The van der Waals surface area contributed by atoms with Crippen molar-refractivity contribution in [2.24, 2.45) is 5.92 Å². The average Bonchev–Trinajstić information content (AvgIpc) is 2.84. The van der Waals surface area contributed by atoms with Crippen LogP contribution in [0, 0.1) is 5.92 Å². The largest absolute Gasteiger partial charge is 0.573 e. The third-order valence-corrected chi connectivity index (χ3v) is 7.03. The molecule has 7 heteroatoms. The summed E-state index contributed by atoms with van der Waals surface area (Å²) in [7, 11) is 0.